The minimum Gasteiger partial charge on any atom is -0.497 e. The maximum atomic E-state index is 5.54. The third kappa shape index (κ3) is 8.31. The van der Waals surface area contributed by atoms with E-state index in [4.69, 9.17) is 13.5 Å². The first-order valence-electron chi connectivity index (χ1n) is 27.5. The smallest absolute Gasteiger partial charge is 0.129 e. The van der Waals surface area contributed by atoms with E-state index in [2.05, 4.69) is 274 Å². The minimum absolute atomic E-state index is 0.0313. The van der Waals surface area contributed by atoms with Crippen LogP contribution >= 0.6 is 11.7 Å². The number of fused-ring (bicyclic) bond motifs is 9. The lowest BCUT2D eigenvalue weighted by Crippen LogP contribution is -2.10. The number of anilines is 3. The SMILES string of the molecule is COc1ccc(-n2c3ccc(-c4ccc(N(c5ccc(-c6ccccc6)cc5)c5ccc(-c6ccc(-n7c8ccc(C(C)(C)C)cc8c8cc(C(C)(C)C)ccc87)cc6)c6nsnc56)cc4)cc3c3c4ccccc4ccc32)cc1. The summed E-state index contributed by atoms with van der Waals surface area (Å²) < 4.78 is 20.4. The largest absolute Gasteiger partial charge is 0.497 e. The van der Waals surface area contributed by atoms with Gasteiger partial charge in [0, 0.05) is 49.9 Å². The molecule has 3 aromatic heterocycles. The van der Waals surface area contributed by atoms with Crippen molar-refractivity contribution in [1.82, 2.24) is 17.9 Å². The zero-order valence-electron chi connectivity index (χ0n) is 46.0. The molecule has 0 aliphatic rings. The highest BCUT2D eigenvalue weighted by molar-refractivity contribution is 7.00. The van der Waals surface area contributed by atoms with Crippen LogP contribution in [0.5, 0.6) is 5.75 Å². The summed E-state index contributed by atoms with van der Waals surface area (Å²) in [6, 6.07) is 84.3. The number of benzene rings is 11. The Kier molecular flexibility index (Phi) is 11.6. The van der Waals surface area contributed by atoms with Crippen LogP contribution in [0.3, 0.4) is 0 Å². The molecule has 0 aliphatic carbocycles. The van der Waals surface area contributed by atoms with Gasteiger partial charge < -0.3 is 18.8 Å². The van der Waals surface area contributed by atoms with Gasteiger partial charge in [0.15, 0.2) is 0 Å². The zero-order chi connectivity index (χ0) is 54.4. The van der Waals surface area contributed by atoms with Gasteiger partial charge in [0.2, 0.25) is 0 Å². The quantitative estimate of drug-likeness (QED) is 0.145. The molecular weight excluding hydrogens is 995 g/mol. The van der Waals surface area contributed by atoms with Crippen LogP contribution in [-0.4, -0.2) is 25.0 Å². The van der Waals surface area contributed by atoms with Crippen molar-refractivity contribution in [3.05, 3.63) is 242 Å². The Bertz CT molecular complexity index is 4600. The van der Waals surface area contributed by atoms with Crippen molar-refractivity contribution in [1.29, 1.82) is 0 Å². The summed E-state index contributed by atoms with van der Waals surface area (Å²) in [7, 11) is 1.71. The van der Waals surface area contributed by atoms with Crippen LogP contribution in [0, 0.1) is 0 Å². The predicted molar refractivity (Wildman–Crippen MR) is 339 cm³/mol. The Hall–Kier alpha value is -9.30. The van der Waals surface area contributed by atoms with Crippen LogP contribution in [-0.2, 0) is 10.8 Å². The van der Waals surface area contributed by atoms with E-state index in [0.717, 1.165) is 78.6 Å². The van der Waals surface area contributed by atoms with E-state index in [0.29, 0.717) is 0 Å². The van der Waals surface area contributed by atoms with Gasteiger partial charge >= 0.3 is 0 Å². The number of rotatable bonds is 9. The molecule has 3 heterocycles. The molecule has 11 aromatic carbocycles. The van der Waals surface area contributed by atoms with Crippen molar-refractivity contribution in [2.45, 2.75) is 52.4 Å². The van der Waals surface area contributed by atoms with Gasteiger partial charge in [-0.05, 0) is 176 Å². The Morgan fingerprint density at radius 3 is 1.52 bits per heavy atom. The van der Waals surface area contributed by atoms with Crippen LogP contribution in [0.2, 0.25) is 0 Å². The fraction of sp³-hybridized carbons (Fsp3) is 0.123. The fourth-order valence-electron chi connectivity index (χ4n) is 11.9. The molecule has 7 heteroatoms. The Morgan fingerprint density at radius 2 is 0.900 bits per heavy atom. The fourth-order valence-corrected chi connectivity index (χ4v) is 12.5. The maximum absolute atomic E-state index is 5.54. The standard InChI is InChI=1S/C73H59N5OS/c1-72(2,3)52-25-40-64-61(44-52)62-45-53(73(4,5)6)26-41-65(62)77(64)56-31-21-50(22-32-56)60-37-42-68(71-70(60)74-80-75-71)76(54-27-17-47(18-28-54)46-13-9-8-10-14-46)55-29-19-48(20-30-55)51-24-38-66-63(43-51)69-59-16-12-11-15-49(59)23-39-67(69)78(66)57-33-35-58(79-7)36-34-57/h8-45H,1-7H3. The molecule has 6 nitrogen and oxygen atoms in total. The van der Waals surface area contributed by atoms with Gasteiger partial charge in [0.05, 0.1) is 46.6 Å². The molecule has 0 aliphatic heterocycles. The van der Waals surface area contributed by atoms with Gasteiger partial charge in [-0.2, -0.15) is 8.75 Å². The second-order valence-corrected chi connectivity index (χ2v) is 23.7. The lowest BCUT2D eigenvalue weighted by Gasteiger charge is -2.26. The summed E-state index contributed by atoms with van der Waals surface area (Å²) in [5, 5.41) is 7.46. The third-order valence-corrected chi connectivity index (χ3v) is 16.8. The third-order valence-electron chi connectivity index (χ3n) is 16.2. The van der Waals surface area contributed by atoms with E-state index in [1.807, 2.05) is 12.1 Å². The molecule has 0 saturated heterocycles. The molecule has 0 bridgehead atoms. The second kappa shape index (κ2) is 19.0. The van der Waals surface area contributed by atoms with Gasteiger partial charge in [0.25, 0.3) is 0 Å². The van der Waals surface area contributed by atoms with Gasteiger partial charge in [-0.15, -0.1) is 0 Å². The first-order chi connectivity index (χ1) is 38.9. The molecule has 0 saturated carbocycles. The first-order valence-corrected chi connectivity index (χ1v) is 28.2. The molecule has 0 amide bonds. The average molecular weight is 1050 g/mol. The van der Waals surface area contributed by atoms with Crippen molar-refractivity contribution in [2.24, 2.45) is 0 Å². The summed E-state index contributed by atoms with van der Waals surface area (Å²) >= 11 is 1.26. The summed E-state index contributed by atoms with van der Waals surface area (Å²) in [5.41, 5.74) is 21.1. The number of hydrogen-bond donors (Lipinski definition) is 0. The monoisotopic (exact) mass is 1050 g/mol. The highest BCUT2D eigenvalue weighted by Crippen LogP contribution is 2.45. The van der Waals surface area contributed by atoms with Gasteiger partial charge in [-0.3, -0.25) is 0 Å². The minimum atomic E-state index is 0.0313. The summed E-state index contributed by atoms with van der Waals surface area (Å²) in [6.45, 7) is 13.8. The topological polar surface area (TPSA) is 48.1 Å². The maximum Gasteiger partial charge on any atom is 0.129 e. The molecule has 0 fully saturated rings. The Balaban J connectivity index is 0.856. The highest BCUT2D eigenvalue weighted by atomic mass is 32.1. The number of ether oxygens (including phenoxy) is 1. The Labute approximate surface area is 470 Å². The lowest BCUT2D eigenvalue weighted by atomic mass is 9.85. The first kappa shape index (κ1) is 49.0. The highest BCUT2D eigenvalue weighted by Gasteiger charge is 2.24. The normalized spacial score (nSPS) is 12.2. The van der Waals surface area contributed by atoms with Gasteiger partial charge in [-0.1, -0.05) is 157 Å². The summed E-state index contributed by atoms with van der Waals surface area (Å²) in [5.74, 6) is 0.834. The predicted octanol–water partition coefficient (Wildman–Crippen LogP) is 20.1. The molecule has 0 N–H and O–H groups in total. The molecular formula is C73H59N5OS. The summed E-state index contributed by atoms with van der Waals surface area (Å²) in [6.07, 6.45) is 0. The molecule has 0 spiro atoms. The number of methoxy groups -OCH3 is 1. The van der Waals surface area contributed by atoms with Crippen LogP contribution in [0.1, 0.15) is 52.7 Å². The van der Waals surface area contributed by atoms with E-state index in [9.17, 15) is 0 Å². The second-order valence-electron chi connectivity index (χ2n) is 23.2. The molecule has 80 heavy (non-hydrogen) atoms. The van der Waals surface area contributed by atoms with Gasteiger partial charge in [0.1, 0.15) is 16.8 Å². The van der Waals surface area contributed by atoms with Crippen LogP contribution < -0.4 is 9.64 Å². The number of nitrogens with zero attached hydrogens (tertiary/aromatic N) is 5. The Morgan fingerprint density at radius 1 is 0.400 bits per heavy atom. The van der Waals surface area contributed by atoms with E-state index in [-0.39, 0.29) is 10.8 Å². The average Bonchev–Trinajstić information content (AvgIpc) is 4.15. The molecule has 0 atom stereocenters. The van der Waals surface area contributed by atoms with Crippen LogP contribution in [0.25, 0.3) is 110 Å². The van der Waals surface area contributed by atoms with E-state index >= 15 is 0 Å². The summed E-state index contributed by atoms with van der Waals surface area (Å²) in [4.78, 5) is 2.32. The molecule has 388 valence electrons. The van der Waals surface area contributed by atoms with E-state index in [1.165, 1.54) is 77.3 Å². The van der Waals surface area contributed by atoms with Crippen molar-refractivity contribution < 1.29 is 4.74 Å². The molecule has 0 unspecified atom stereocenters. The zero-order valence-corrected chi connectivity index (χ0v) is 46.8. The van der Waals surface area contributed by atoms with Gasteiger partial charge in [-0.25, -0.2) is 0 Å². The molecule has 14 rings (SSSR count). The molecule has 0 radical (unpaired) electrons. The van der Waals surface area contributed by atoms with E-state index in [1.54, 1.807) is 7.11 Å². The number of hydrogen-bond acceptors (Lipinski definition) is 5. The van der Waals surface area contributed by atoms with Crippen molar-refractivity contribution in [3.8, 4) is 50.5 Å². The van der Waals surface area contributed by atoms with Crippen molar-refractivity contribution in [3.63, 3.8) is 0 Å². The van der Waals surface area contributed by atoms with Crippen molar-refractivity contribution >= 4 is 94.2 Å². The number of aromatic nitrogens is 4. The van der Waals surface area contributed by atoms with Crippen molar-refractivity contribution in [2.75, 3.05) is 12.0 Å². The van der Waals surface area contributed by atoms with Crippen LogP contribution in [0.4, 0.5) is 17.1 Å². The lowest BCUT2D eigenvalue weighted by molar-refractivity contribution is 0.415. The molecule has 14 aromatic rings. The van der Waals surface area contributed by atoms with E-state index < -0.39 is 0 Å². The van der Waals surface area contributed by atoms with Crippen LogP contribution in [0.15, 0.2) is 231 Å².